The van der Waals surface area contributed by atoms with Gasteiger partial charge in [-0.1, -0.05) is 6.92 Å². The minimum atomic E-state index is 0.00217. The molecule has 0 spiro atoms. The molecule has 1 aliphatic heterocycles. The summed E-state index contributed by atoms with van der Waals surface area (Å²) >= 11 is 0. The SMILES string of the molecule is COc1cc(NC(=O)CC(C)C2CCCNC2)cc(OC)c1OC. The van der Waals surface area contributed by atoms with Crippen LogP contribution in [0.3, 0.4) is 0 Å². The zero-order valence-corrected chi connectivity index (χ0v) is 15.0. The second kappa shape index (κ2) is 8.78. The normalized spacial score (nSPS) is 18.6. The van der Waals surface area contributed by atoms with Crippen LogP contribution in [0, 0.1) is 11.8 Å². The van der Waals surface area contributed by atoms with Crippen molar-refractivity contribution in [2.45, 2.75) is 26.2 Å². The molecule has 2 rings (SSSR count). The van der Waals surface area contributed by atoms with Gasteiger partial charge in [0.15, 0.2) is 11.5 Å². The Hall–Kier alpha value is -1.95. The van der Waals surface area contributed by atoms with E-state index in [9.17, 15) is 4.79 Å². The molecule has 1 saturated heterocycles. The summed E-state index contributed by atoms with van der Waals surface area (Å²) in [6, 6.07) is 3.48. The Morgan fingerprint density at radius 3 is 2.42 bits per heavy atom. The summed E-state index contributed by atoms with van der Waals surface area (Å²) in [4.78, 5) is 12.4. The topological polar surface area (TPSA) is 68.8 Å². The van der Waals surface area contributed by atoms with Crippen LogP contribution in [-0.4, -0.2) is 40.3 Å². The maximum atomic E-state index is 12.4. The first-order valence-electron chi connectivity index (χ1n) is 8.39. The summed E-state index contributed by atoms with van der Waals surface area (Å²) in [7, 11) is 4.67. The number of amides is 1. The van der Waals surface area contributed by atoms with Crippen molar-refractivity contribution in [2.24, 2.45) is 11.8 Å². The number of benzene rings is 1. The van der Waals surface area contributed by atoms with Crippen LogP contribution in [0.25, 0.3) is 0 Å². The van der Waals surface area contributed by atoms with Crippen LogP contribution in [0.1, 0.15) is 26.2 Å². The van der Waals surface area contributed by atoms with Gasteiger partial charge >= 0.3 is 0 Å². The fourth-order valence-electron chi connectivity index (χ4n) is 3.19. The summed E-state index contributed by atoms with van der Waals surface area (Å²) in [6.07, 6.45) is 2.87. The van der Waals surface area contributed by atoms with Gasteiger partial charge in [0.25, 0.3) is 0 Å². The zero-order valence-electron chi connectivity index (χ0n) is 15.0. The van der Waals surface area contributed by atoms with E-state index >= 15 is 0 Å². The first-order valence-corrected chi connectivity index (χ1v) is 8.39. The lowest BCUT2D eigenvalue weighted by molar-refractivity contribution is -0.117. The molecule has 1 amide bonds. The highest BCUT2D eigenvalue weighted by atomic mass is 16.5. The maximum absolute atomic E-state index is 12.4. The lowest BCUT2D eigenvalue weighted by Gasteiger charge is -2.28. The minimum Gasteiger partial charge on any atom is -0.493 e. The molecule has 0 aromatic heterocycles. The standard InChI is InChI=1S/C18H28N2O4/c1-12(13-6-5-7-19-11-13)8-17(21)20-14-9-15(22-2)18(24-4)16(10-14)23-3/h9-10,12-13,19H,5-8,11H2,1-4H3,(H,20,21). The predicted molar refractivity (Wildman–Crippen MR) is 94.1 cm³/mol. The van der Waals surface area contributed by atoms with Crippen molar-refractivity contribution < 1.29 is 19.0 Å². The average Bonchev–Trinajstić information content (AvgIpc) is 2.61. The molecule has 6 heteroatoms. The van der Waals surface area contributed by atoms with Gasteiger partial charge in [-0.25, -0.2) is 0 Å². The third-order valence-corrected chi connectivity index (χ3v) is 4.60. The van der Waals surface area contributed by atoms with Crippen molar-refractivity contribution in [2.75, 3.05) is 39.7 Å². The van der Waals surface area contributed by atoms with Gasteiger partial charge in [0.2, 0.25) is 11.7 Å². The number of nitrogens with one attached hydrogen (secondary N) is 2. The van der Waals surface area contributed by atoms with Gasteiger partial charge in [0.05, 0.1) is 21.3 Å². The Bertz CT molecular complexity index is 531. The highest BCUT2D eigenvalue weighted by molar-refractivity contribution is 5.91. The quantitative estimate of drug-likeness (QED) is 0.801. The monoisotopic (exact) mass is 336 g/mol. The van der Waals surface area contributed by atoms with E-state index in [-0.39, 0.29) is 5.91 Å². The molecular weight excluding hydrogens is 308 g/mol. The fraction of sp³-hybridized carbons (Fsp3) is 0.611. The van der Waals surface area contributed by atoms with Gasteiger partial charge in [-0.3, -0.25) is 4.79 Å². The summed E-state index contributed by atoms with van der Waals surface area (Å²) in [5, 5.41) is 6.34. The Balaban J connectivity index is 2.02. The average molecular weight is 336 g/mol. The summed E-state index contributed by atoms with van der Waals surface area (Å²) in [5.74, 6) is 2.47. The number of anilines is 1. The second-order valence-corrected chi connectivity index (χ2v) is 6.25. The lowest BCUT2D eigenvalue weighted by Crippen LogP contribution is -2.34. The second-order valence-electron chi connectivity index (χ2n) is 6.25. The molecule has 24 heavy (non-hydrogen) atoms. The molecule has 1 aliphatic rings. The van der Waals surface area contributed by atoms with Crippen LogP contribution in [-0.2, 0) is 4.79 Å². The van der Waals surface area contributed by atoms with E-state index in [2.05, 4.69) is 17.6 Å². The number of piperidine rings is 1. The Morgan fingerprint density at radius 2 is 1.92 bits per heavy atom. The molecule has 134 valence electrons. The van der Waals surface area contributed by atoms with Gasteiger partial charge in [-0.15, -0.1) is 0 Å². The molecule has 0 bridgehead atoms. The van der Waals surface area contributed by atoms with E-state index in [1.54, 1.807) is 33.5 Å². The van der Waals surface area contributed by atoms with E-state index in [1.165, 1.54) is 12.8 Å². The number of methoxy groups -OCH3 is 3. The molecule has 6 nitrogen and oxygen atoms in total. The molecule has 1 heterocycles. The van der Waals surface area contributed by atoms with Gasteiger partial charge < -0.3 is 24.8 Å². The van der Waals surface area contributed by atoms with Crippen molar-refractivity contribution in [3.05, 3.63) is 12.1 Å². The predicted octanol–water partition coefficient (Wildman–Crippen LogP) is 2.68. The molecule has 1 fully saturated rings. The molecule has 1 aromatic carbocycles. The molecule has 0 saturated carbocycles. The van der Waals surface area contributed by atoms with Crippen LogP contribution in [0.4, 0.5) is 5.69 Å². The van der Waals surface area contributed by atoms with Crippen LogP contribution in [0.2, 0.25) is 0 Å². The van der Waals surface area contributed by atoms with Gasteiger partial charge in [-0.05, 0) is 37.8 Å². The van der Waals surface area contributed by atoms with Gasteiger partial charge in [0, 0.05) is 24.2 Å². The first kappa shape index (κ1) is 18.4. The van der Waals surface area contributed by atoms with Crippen molar-refractivity contribution in [1.29, 1.82) is 0 Å². The van der Waals surface area contributed by atoms with Gasteiger partial charge in [-0.2, -0.15) is 0 Å². The van der Waals surface area contributed by atoms with Crippen molar-refractivity contribution in [3.63, 3.8) is 0 Å². The van der Waals surface area contributed by atoms with Crippen molar-refractivity contribution in [1.82, 2.24) is 5.32 Å². The van der Waals surface area contributed by atoms with Crippen LogP contribution >= 0.6 is 0 Å². The van der Waals surface area contributed by atoms with E-state index < -0.39 is 0 Å². The minimum absolute atomic E-state index is 0.00217. The van der Waals surface area contributed by atoms with E-state index in [0.29, 0.717) is 41.2 Å². The molecule has 2 atom stereocenters. The molecule has 0 aliphatic carbocycles. The maximum Gasteiger partial charge on any atom is 0.224 e. The highest BCUT2D eigenvalue weighted by Crippen LogP contribution is 2.40. The third-order valence-electron chi connectivity index (χ3n) is 4.60. The fourth-order valence-corrected chi connectivity index (χ4v) is 3.19. The van der Waals surface area contributed by atoms with E-state index in [1.807, 2.05) is 0 Å². The van der Waals surface area contributed by atoms with Crippen LogP contribution in [0.5, 0.6) is 17.2 Å². The molecule has 2 N–H and O–H groups in total. The first-order chi connectivity index (χ1) is 11.6. The smallest absolute Gasteiger partial charge is 0.224 e. The lowest BCUT2D eigenvalue weighted by atomic mass is 9.85. The molecule has 2 unspecified atom stereocenters. The van der Waals surface area contributed by atoms with Crippen molar-refractivity contribution in [3.8, 4) is 17.2 Å². The third kappa shape index (κ3) is 4.54. The summed E-state index contributed by atoms with van der Waals surface area (Å²) < 4.78 is 15.9. The Morgan fingerprint density at radius 1 is 1.25 bits per heavy atom. The number of ether oxygens (including phenoxy) is 3. The number of carbonyl (C=O) groups is 1. The van der Waals surface area contributed by atoms with Crippen molar-refractivity contribution >= 4 is 11.6 Å². The number of carbonyl (C=O) groups excluding carboxylic acids is 1. The highest BCUT2D eigenvalue weighted by Gasteiger charge is 2.22. The summed E-state index contributed by atoms with van der Waals surface area (Å²) in [5.41, 5.74) is 0.642. The zero-order chi connectivity index (χ0) is 17.5. The number of hydrogen-bond donors (Lipinski definition) is 2. The molecule has 1 aromatic rings. The molecular formula is C18H28N2O4. The van der Waals surface area contributed by atoms with E-state index in [4.69, 9.17) is 14.2 Å². The van der Waals surface area contributed by atoms with E-state index in [0.717, 1.165) is 13.1 Å². The largest absolute Gasteiger partial charge is 0.493 e. The summed E-state index contributed by atoms with van der Waals surface area (Å²) in [6.45, 7) is 4.23. The van der Waals surface area contributed by atoms with Crippen LogP contribution in [0.15, 0.2) is 12.1 Å². The Kier molecular flexibility index (Phi) is 6.73. The Labute approximate surface area is 143 Å². The molecule has 0 radical (unpaired) electrons. The van der Waals surface area contributed by atoms with Crippen LogP contribution < -0.4 is 24.8 Å². The number of hydrogen-bond acceptors (Lipinski definition) is 5. The number of rotatable bonds is 7. The van der Waals surface area contributed by atoms with Gasteiger partial charge in [0.1, 0.15) is 0 Å².